The number of ketones is 1. The van der Waals surface area contributed by atoms with E-state index in [0.717, 1.165) is 54.4 Å². The number of anilines is 1. The summed E-state index contributed by atoms with van der Waals surface area (Å²) in [5.41, 5.74) is 3.18. The molecule has 12 heteroatoms. The molecule has 1 aliphatic carbocycles. The largest absolute Gasteiger partial charge is 0.484 e. The first-order chi connectivity index (χ1) is 23.5. The van der Waals surface area contributed by atoms with Crippen LogP contribution in [0.25, 0.3) is 5.65 Å². The van der Waals surface area contributed by atoms with Crippen LogP contribution in [0.5, 0.6) is 5.75 Å². The summed E-state index contributed by atoms with van der Waals surface area (Å²) in [6, 6.07) is 13.1. The summed E-state index contributed by atoms with van der Waals surface area (Å²) in [5.74, 6) is 2.23. The number of nitrogens with one attached hydrogen (secondary N) is 2. The van der Waals surface area contributed by atoms with Gasteiger partial charge in [0, 0.05) is 44.0 Å². The van der Waals surface area contributed by atoms with Crippen LogP contribution >= 0.6 is 0 Å². The first kappa shape index (κ1) is 34.4. The lowest BCUT2D eigenvalue weighted by Crippen LogP contribution is -2.51. The highest BCUT2D eigenvalue weighted by atomic mass is 16.5. The molecule has 0 unspecified atom stereocenters. The molecule has 12 nitrogen and oxygen atoms in total. The summed E-state index contributed by atoms with van der Waals surface area (Å²) in [5, 5.41) is 14.8. The molecule has 3 aromatic heterocycles. The van der Waals surface area contributed by atoms with Gasteiger partial charge >= 0.3 is 6.03 Å². The number of carbonyl (C=O) groups excluding carboxylic acids is 2. The summed E-state index contributed by atoms with van der Waals surface area (Å²) < 4.78 is 13.9. The molecule has 1 fully saturated rings. The van der Waals surface area contributed by atoms with Crippen LogP contribution in [0, 0.1) is 0 Å². The average Bonchev–Trinajstić information content (AvgIpc) is 3.49. The second-order valence-electron chi connectivity index (χ2n) is 14.3. The van der Waals surface area contributed by atoms with E-state index in [1.807, 2.05) is 61.7 Å². The van der Waals surface area contributed by atoms with Crippen molar-refractivity contribution in [2.45, 2.75) is 96.3 Å². The number of ether oxygens (including phenoxy) is 2. The maximum Gasteiger partial charge on any atom is 0.320 e. The third-order valence-corrected chi connectivity index (χ3v) is 9.59. The Kier molecular flexibility index (Phi) is 10.3. The molecule has 0 bridgehead atoms. The summed E-state index contributed by atoms with van der Waals surface area (Å²) in [7, 11) is 1.72. The van der Waals surface area contributed by atoms with E-state index in [9.17, 15) is 9.59 Å². The molecule has 1 aromatic carbocycles. The fraction of sp³-hybridized carbons (Fsp3) is 0.514. The fourth-order valence-corrected chi connectivity index (χ4v) is 6.42. The smallest absolute Gasteiger partial charge is 0.320 e. The van der Waals surface area contributed by atoms with Gasteiger partial charge in [0.05, 0.1) is 24.0 Å². The van der Waals surface area contributed by atoms with Crippen LogP contribution in [0.15, 0.2) is 48.7 Å². The minimum absolute atomic E-state index is 0.130. The molecule has 6 rings (SSSR count). The highest BCUT2D eigenvalue weighted by Gasteiger charge is 2.30. The van der Waals surface area contributed by atoms with Crippen LogP contribution in [0.2, 0.25) is 0 Å². The van der Waals surface area contributed by atoms with Crippen molar-refractivity contribution in [2.24, 2.45) is 0 Å². The number of nitrogens with zero attached hydrogens (tertiary/aromatic N) is 6. The van der Waals surface area contributed by atoms with Gasteiger partial charge in [0.15, 0.2) is 17.3 Å². The van der Waals surface area contributed by atoms with E-state index in [1.165, 1.54) is 0 Å². The number of Topliss-reactive ketones (excluding diaryl/α,β-unsaturated/α-hetero) is 1. The highest BCUT2D eigenvalue weighted by Crippen LogP contribution is 2.39. The maximum atomic E-state index is 13.4. The third kappa shape index (κ3) is 7.91. The number of pyridine rings is 1. The van der Waals surface area contributed by atoms with Gasteiger partial charge in [-0.05, 0) is 55.5 Å². The Labute approximate surface area is 288 Å². The number of likely N-dealkylation sites (tertiary alicyclic amines) is 1. The number of amides is 2. The van der Waals surface area contributed by atoms with Gasteiger partial charge in [-0.3, -0.25) is 19.4 Å². The molecular weight excluding hydrogens is 620 g/mol. The van der Waals surface area contributed by atoms with Crippen molar-refractivity contribution in [1.82, 2.24) is 34.8 Å². The molecule has 4 heterocycles. The third-order valence-electron chi connectivity index (χ3n) is 9.59. The van der Waals surface area contributed by atoms with E-state index >= 15 is 0 Å². The summed E-state index contributed by atoms with van der Waals surface area (Å²) in [4.78, 5) is 38.0. The number of rotatable bonds is 12. The minimum atomic E-state index is -0.391. The predicted octanol–water partition coefficient (Wildman–Crippen LogP) is 6.40. The summed E-state index contributed by atoms with van der Waals surface area (Å²) in [6.45, 7) is 13.0. The zero-order valence-electron chi connectivity index (χ0n) is 29.4. The van der Waals surface area contributed by atoms with Crippen molar-refractivity contribution in [3.8, 4) is 5.75 Å². The lowest BCUT2D eigenvalue weighted by atomic mass is 9.85. The van der Waals surface area contributed by atoms with Crippen molar-refractivity contribution in [1.29, 1.82) is 0 Å². The molecule has 2 amide bonds. The Hall–Kier alpha value is -4.42. The van der Waals surface area contributed by atoms with Crippen molar-refractivity contribution in [3.63, 3.8) is 0 Å². The van der Waals surface area contributed by atoms with Gasteiger partial charge in [-0.2, -0.15) is 0 Å². The number of benzene rings is 1. The Morgan fingerprint density at radius 3 is 2.55 bits per heavy atom. The molecule has 1 aliphatic heterocycles. The molecule has 0 radical (unpaired) electrons. The maximum absolute atomic E-state index is 13.4. The van der Waals surface area contributed by atoms with Crippen LogP contribution in [-0.4, -0.2) is 74.1 Å². The first-order valence-corrected chi connectivity index (χ1v) is 17.4. The van der Waals surface area contributed by atoms with Gasteiger partial charge in [-0.1, -0.05) is 58.9 Å². The summed E-state index contributed by atoms with van der Waals surface area (Å²) >= 11 is 0. The number of hydrogen-bond donors (Lipinski definition) is 2. The van der Waals surface area contributed by atoms with E-state index in [-0.39, 0.29) is 41.2 Å². The average molecular weight is 669 g/mol. The molecular formula is C37H48N8O4. The number of carbonyl (C=O) groups is 2. The van der Waals surface area contributed by atoms with Crippen LogP contribution in [0.3, 0.4) is 0 Å². The van der Waals surface area contributed by atoms with E-state index in [4.69, 9.17) is 9.47 Å². The second-order valence-corrected chi connectivity index (χ2v) is 14.3. The molecule has 4 aromatic rings. The molecule has 2 aliphatic rings. The Morgan fingerprint density at radius 2 is 1.82 bits per heavy atom. The van der Waals surface area contributed by atoms with Gasteiger partial charge in [-0.15, -0.1) is 10.2 Å². The van der Waals surface area contributed by atoms with Crippen molar-refractivity contribution >= 4 is 23.3 Å². The second kappa shape index (κ2) is 14.6. The topological polar surface area (TPSA) is 136 Å². The van der Waals surface area contributed by atoms with Crippen LogP contribution in [0.1, 0.15) is 118 Å². The van der Waals surface area contributed by atoms with E-state index in [2.05, 4.69) is 55.6 Å². The van der Waals surface area contributed by atoms with E-state index in [1.54, 1.807) is 13.2 Å². The SMILES string of the molecule is CC[C@H](C)c1nnc2ccc(O[C@@H]3CC[C@H](NC(=O)Nc4cc(C(C)(C)C)nc(C(=O)CCCN5CC(OC)C5)n4)c4ccccc43)cn12. The standard InChI is InChI=1S/C37H48N8O4/c1-7-23(2)35-43-42-33-17-14-24(22-45(33)35)49-30-16-15-28(26-11-8-9-12-27(26)30)38-36(47)41-32-19-31(37(3,4)5)39-34(40-32)29(46)13-10-18-44-20-25(21-44)48-6/h8-9,11-12,14,17,19,22-23,25,28,30H,7,10,13,15-16,18,20-21H2,1-6H3,(H2,38,39,40,41,47)/t23-,28-,30+/m0/s1. The van der Waals surface area contributed by atoms with Crippen molar-refractivity contribution in [2.75, 3.05) is 32.1 Å². The molecule has 49 heavy (non-hydrogen) atoms. The molecule has 2 N–H and O–H groups in total. The molecule has 0 saturated carbocycles. The van der Waals surface area contributed by atoms with E-state index in [0.29, 0.717) is 37.2 Å². The monoisotopic (exact) mass is 668 g/mol. The molecule has 1 saturated heterocycles. The number of hydrogen-bond acceptors (Lipinski definition) is 9. The number of aromatic nitrogens is 5. The first-order valence-electron chi connectivity index (χ1n) is 17.4. The lowest BCUT2D eigenvalue weighted by Gasteiger charge is -2.38. The van der Waals surface area contributed by atoms with Gasteiger partial charge in [0.25, 0.3) is 0 Å². The van der Waals surface area contributed by atoms with Crippen molar-refractivity contribution < 1.29 is 19.1 Å². The molecule has 0 spiro atoms. The Bertz CT molecular complexity index is 1790. The van der Waals surface area contributed by atoms with Crippen LogP contribution in [-0.2, 0) is 10.2 Å². The lowest BCUT2D eigenvalue weighted by molar-refractivity contribution is -0.0294. The zero-order valence-corrected chi connectivity index (χ0v) is 29.4. The van der Waals surface area contributed by atoms with Gasteiger partial charge in [-0.25, -0.2) is 14.8 Å². The number of methoxy groups -OCH3 is 1. The van der Waals surface area contributed by atoms with Crippen LogP contribution < -0.4 is 15.4 Å². The Morgan fingerprint density at radius 1 is 1.04 bits per heavy atom. The minimum Gasteiger partial charge on any atom is -0.484 e. The van der Waals surface area contributed by atoms with Gasteiger partial charge in [0.1, 0.15) is 23.5 Å². The van der Waals surface area contributed by atoms with Gasteiger partial charge < -0.3 is 14.8 Å². The highest BCUT2D eigenvalue weighted by molar-refractivity contribution is 5.94. The zero-order chi connectivity index (χ0) is 34.7. The molecule has 3 atom stereocenters. The quantitative estimate of drug-likeness (QED) is 0.164. The van der Waals surface area contributed by atoms with Crippen molar-refractivity contribution in [3.05, 3.63) is 77.1 Å². The number of urea groups is 1. The van der Waals surface area contributed by atoms with E-state index < -0.39 is 6.03 Å². The molecule has 260 valence electrons. The Balaban J connectivity index is 1.12. The van der Waals surface area contributed by atoms with Crippen LogP contribution in [0.4, 0.5) is 10.6 Å². The predicted molar refractivity (Wildman–Crippen MR) is 187 cm³/mol. The number of fused-ring (bicyclic) bond motifs is 2. The normalized spacial score (nSPS) is 18.8. The fourth-order valence-electron chi connectivity index (χ4n) is 6.42. The van der Waals surface area contributed by atoms with Gasteiger partial charge in [0.2, 0.25) is 0 Å². The summed E-state index contributed by atoms with van der Waals surface area (Å²) in [6.07, 6.45) is 5.48.